The summed E-state index contributed by atoms with van der Waals surface area (Å²) in [7, 11) is 0. The van der Waals surface area contributed by atoms with Crippen LogP contribution in [0, 0.1) is 5.92 Å². The summed E-state index contributed by atoms with van der Waals surface area (Å²) in [6.07, 6.45) is 0.975. The Kier molecular flexibility index (Phi) is 9.70. The SMILES string of the molecule is CC(C)CC(NC(=O)C(CCC(N)=O)NC(=O)C1CCCN1C(=O)C(C)N)C(=O)O. The average Bonchev–Trinajstić information content (AvgIpc) is 3.12. The number of nitrogens with zero attached hydrogens (tertiary/aromatic N) is 1. The smallest absolute Gasteiger partial charge is 0.326 e. The summed E-state index contributed by atoms with van der Waals surface area (Å²) in [5.74, 6) is -3.48. The first-order valence-corrected chi connectivity index (χ1v) is 10.1. The Balaban J connectivity index is 2.92. The molecule has 170 valence electrons. The number of hydrogen-bond donors (Lipinski definition) is 5. The zero-order valence-electron chi connectivity index (χ0n) is 17.7. The number of carboxylic acids is 1. The molecule has 1 aliphatic heterocycles. The van der Waals surface area contributed by atoms with E-state index in [1.54, 1.807) is 0 Å². The second-order valence-corrected chi connectivity index (χ2v) is 8.07. The Bertz CT molecular complexity index is 666. The molecule has 0 aromatic heterocycles. The van der Waals surface area contributed by atoms with E-state index >= 15 is 0 Å². The normalized spacial score (nSPS) is 19.1. The van der Waals surface area contributed by atoms with Crippen LogP contribution in [0.25, 0.3) is 0 Å². The molecule has 0 aliphatic carbocycles. The largest absolute Gasteiger partial charge is 0.480 e. The van der Waals surface area contributed by atoms with Crippen LogP contribution in [0.1, 0.15) is 52.9 Å². The number of amides is 4. The fourth-order valence-electron chi connectivity index (χ4n) is 3.35. The highest BCUT2D eigenvalue weighted by Crippen LogP contribution is 2.19. The van der Waals surface area contributed by atoms with Crippen LogP contribution in [0.4, 0.5) is 0 Å². The van der Waals surface area contributed by atoms with E-state index in [0.717, 1.165) is 0 Å². The lowest BCUT2D eigenvalue weighted by Crippen LogP contribution is -2.56. The molecule has 4 amide bonds. The van der Waals surface area contributed by atoms with Gasteiger partial charge in [0.2, 0.25) is 23.6 Å². The van der Waals surface area contributed by atoms with Gasteiger partial charge in [0.1, 0.15) is 18.1 Å². The first-order valence-electron chi connectivity index (χ1n) is 10.1. The molecular weight excluding hydrogens is 394 g/mol. The molecule has 4 atom stereocenters. The number of carboxylic acid groups (broad SMARTS) is 1. The number of carbonyl (C=O) groups is 5. The summed E-state index contributed by atoms with van der Waals surface area (Å²) >= 11 is 0. The maximum Gasteiger partial charge on any atom is 0.326 e. The minimum Gasteiger partial charge on any atom is -0.480 e. The van der Waals surface area contributed by atoms with Crippen LogP contribution in [-0.2, 0) is 24.0 Å². The zero-order valence-corrected chi connectivity index (χ0v) is 17.7. The zero-order chi connectivity index (χ0) is 23.0. The van der Waals surface area contributed by atoms with Gasteiger partial charge in [-0.3, -0.25) is 19.2 Å². The molecule has 4 unspecified atom stereocenters. The van der Waals surface area contributed by atoms with E-state index in [0.29, 0.717) is 19.4 Å². The second-order valence-electron chi connectivity index (χ2n) is 8.07. The van der Waals surface area contributed by atoms with Gasteiger partial charge in [-0.05, 0) is 38.5 Å². The molecule has 0 saturated carbocycles. The summed E-state index contributed by atoms with van der Waals surface area (Å²) in [6.45, 7) is 5.54. The van der Waals surface area contributed by atoms with Crippen molar-refractivity contribution >= 4 is 29.6 Å². The van der Waals surface area contributed by atoms with Gasteiger partial charge in [-0.25, -0.2) is 4.79 Å². The number of rotatable bonds is 11. The first kappa shape index (κ1) is 25.3. The van der Waals surface area contributed by atoms with Crippen molar-refractivity contribution in [2.24, 2.45) is 17.4 Å². The van der Waals surface area contributed by atoms with E-state index in [1.807, 2.05) is 13.8 Å². The van der Waals surface area contributed by atoms with E-state index in [4.69, 9.17) is 11.5 Å². The Labute approximate surface area is 175 Å². The Morgan fingerprint density at radius 3 is 2.23 bits per heavy atom. The number of likely N-dealkylation sites (tertiary alicyclic amines) is 1. The van der Waals surface area contributed by atoms with Crippen LogP contribution in [0.15, 0.2) is 0 Å². The molecule has 1 saturated heterocycles. The lowest BCUT2D eigenvalue weighted by atomic mass is 10.0. The molecule has 11 heteroatoms. The van der Waals surface area contributed by atoms with Crippen molar-refractivity contribution in [3.8, 4) is 0 Å². The van der Waals surface area contributed by atoms with Crippen molar-refractivity contribution in [3.63, 3.8) is 0 Å². The van der Waals surface area contributed by atoms with Crippen molar-refractivity contribution in [1.29, 1.82) is 0 Å². The number of aliphatic carboxylic acids is 1. The molecule has 0 radical (unpaired) electrons. The van der Waals surface area contributed by atoms with Crippen molar-refractivity contribution in [3.05, 3.63) is 0 Å². The number of nitrogens with two attached hydrogens (primary N) is 2. The molecule has 0 bridgehead atoms. The maximum atomic E-state index is 12.8. The fraction of sp³-hybridized carbons (Fsp3) is 0.737. The summed E-state index contributed by atoms with van der Waals surface area (Å²) in [5, 5.41) is 14.3. The molecule has 1 aliphatic rings. The van der Waals surface area contributed by atoms with Crippen molar-refractivity contribution in [2.75, 3.05) is 6.54 Å². The Morgan fingerprint density at radius 2 is 1.73 bits per heavy atom. The second kappa shape index (κ2) is 11.5. The Morgan fingerprint density at radius 1 is 1.10 bits per heavy atom. The summed E-state index contributed by atoms with van der Waals surface area (Å²) in [5.41, 5.74) is 10.8. The van der Waals surface area contributed by atoms with E-state index in [9.17, 15) is 29.1 Å². The van der Waals surface area contributed by atoms with Gasteiger partial charge < -0.3 is 32.1 Å². The molecule has 1 rings (SSSR count). The third-order valence-electron chi connectivity index (χ3n) is 4.86. The number of primary amides is 1. The van der Waals surface area contributed by atoms with Crippen LogP contribution in [-0.4, -0.2) is 70.3 Å². The maximum absolute atomic E-state index is 12.8. The number of nitrogens with one attached hydrogen (secondary N) is 2. The highest BCUT2D eigenvalue weighted by Gasteiger charge is 2.37. The predicted molar refractivity (Wildman–Crippen MR) is 108 cm³/mol. The summed E-state index contributed by atoms with van der Waals surface area (Å²) < 4.78 is 0. The molecule has 0 spiro atoms. The van der Waals surface area contributed by atoms with Crippen LogP contribution < -0.4 is 22.1 Å². The van der Waals surface area contributed by atoms with Crippen molar-refractivity contribution in [1.82, 2.24) is 15.5 Å². The molecular formula is C19H33N5O6. The lowest BCUT2D eigenvalue weighted by Gasteiger charge is -2.28. The van der Waals surface area contributed by atoms with Crippen LogP contribution in [0.3, 0.4) is 0 Å². The van der Waals surface area contributed by atoms with E-state index in [1.165, 1.54) is 11.8 Å². The van der Waals surface area contributed by atoms with Gasteiger partial charge in [0.05, 0.1) is 6.04 Å². The molecule has 0 aromatic rings. The van der Waals surface area contributed by atoms with Gasteiger partial charge >= 0.3 is 5.97 Å². The van der Waals surface area contributed by atoms with E-state index < -0.39 is 47.9 Å². The van der Waals surface area contributed by atoms with Gasteiger partial charge in [-0.15, -0.1) is 0 Å². The quantitative estimate of drug-likeness (QED) is 0.271. The third-order valence-corrected chi connectivity index (χ3v) is 4.86. The van der Waals surface area contributed by atoms with Crippen LogP contribution in [0.5, 0.6) is 0 Å². The molecule has 0 aromatic carbocycles. The van der Waals surface area contributed by atoms with Crippen LogP contribution in [0.2, 0.25) is 0 Å². The van der Waals surface area contributed by atoms with Crippen molar-refractivity contribution < 1.29 is 29.1 Å². The highest BCUT2D eigenvalue weighted by atomic mass is 16.4. The first-order chi connectivity index (χ1) is 13.9. The summed E-state index contributed by atoms with van der Waals surface area (Å²) in [4.78, 5) is 61.7. The standard InChI is InChI=1S/C19H33N5O6/c1-10(2)9-13(19(29)30)23-16(26)12(6-7-15(21)25)22-17(27)14-5-4-8-24(14)18(28)11(3)20/h10-14H,4-9,20H2,1-3H3,(H2,21,25)(H,22,27)(H,23,26)(H,29,30). The average molecular weight is 428 g/mol. The fourth-order valence-corrected chi connectivity index (χ4v) is 3.35. The Hall–Kier alpha value is -2.69. The van der Waals surface area contributed by atoms with Gasteiger partial charge in [-0.1, -0.05) is 13.8 Å². The molecule has 30 heavy (non-hydrogen) atoms. The number of hydrogen-bond acceptors (Lipinski definition) is 6. The van der Waals surface area contributed by atoms with Gasteiger partial charge in [0.25, 0.3) is 0 Å². The van der Waals surface area contributed by atoms with E-state index in [2.05, 4.69) is 10.6 Å². The van der Waals surface area contributed by atoms with Gasteiger partial charge in [0.15, 0.2) is 0 Å². The van der Waals surface area contributed by atoms with Gasteiger partial charge in [-0.2, -0.15) is 0 Å². The third kappa shape index (κ3) is 7.62. The molecule has 1 fully saturated rings. The summed E-state index contributed by atoms with van der Waals surface area (Å²) in [6, 6.07) is -3.84. The molecule has 11 nitrogen and oxygen atoms in total. The van der Waals surface area contributed by atoms with Gasteiger partial charge in [0, 0.05) is 13.0 Å². The van der Waals surface area contributed by atoms with E-state index in [-0.39, 0.29) is 31.1 Å². The molecule has 1 heterocycles. The molecule has 7 N–H and O–H groups in total. The predicted octanol–water partition coefficient (Wildman–Crippen LogP) is -1.31. The van der Waals surface area contributed by atoms with Crippen molar-refractivity contribution in [2.45, 2.75) is 77.0 Å². The van der Waals surface area contributed by atoms with Crippen LogP contribution >= 0.6 is 0 Å². The topological polar surface area (TPSA) is 185 Å². The minimum atomic E-state index is -1.19. The lowest BCUT2D eigenvalue weighted by molar-refractivity contribution is -0.143. The highest BCUT2D eigenvalue weighted by molar-refractivity contribution is 5.94. The minimum absolute atomic E-state index is 0.0152. The number of carbonyl (C=O) groups excluding carboxylic acids is 4. The monoisotopic (exact) mass is 427 g/mol.